The van der Waals surface area contributed by atoms with Crippen molar-refractivity contribution >= 4 is 5.97 Å². The first-order valence-corrected chi connectivity index (χ1v) is 11.0. The fraction of sp³-hybridized carbons (Fsp3) is 0.269. The molecule has 2 aromatic carbocycles. The van der Waals surface area contributed by atoms with E-state index in [0.29, 0.717) is 24.9 Å². The molecule has 0 unspecified atom stereocenters. The maximum atomic E-state index is 11.7. The van der Waals surface area contributed by atoms with E-state index in [4.69, 9.17) is 9.26 Å². The number of aromatic nitrogens is 4. The van der Waals surface area contributed by atoms with Crippen LogP contribution in [0.4, 0.5) is 0 Å². The van der Waals surface area contributed by atoms with E-state index in [0.717, 1.165) is 22.4 Å². The van der Waals surface area contributed by atoms with Crippen LogP contribution in [0.5, 0.6) is 0 Å². The average Bonchev–Trinajstić information content (AvgIpc) is 3.24. The van der Waals surface area contributed by atoms with Crippen molar-refractivity contribution in [3.05, 3.63) is 99.3 Å². The molecule has 0 saturated heterocycles. The largest absolute Gasteiger partial charge is 0.466 e. The molecule has 0 N–H and O–H groups in total. The number of carbonyl (C=O) groups is 1. The Hall–Kier alpha value is -4.07. The molecule has 0 aliphatic heterocycles. The SMILES string of the molecule is CCOC(=O)Cc1cccc(Cn2nc(C)ccc2=O)c1.Cc1ccc(-c2noc(C)n2)cc1. The second kappa shape index (κ2) is 11.7. The standard InChI is InChI=1S/C16H18N2O3.C10H10N2O/c1-3-21-16(20)10-13-5-4-6-14(9-13)11-18-15(19)8-7-12(2)17-18;1-7-3-5-9(6-4-7)10-11-8(2)13-12-10/h4-9H,3,10-11H2,1-2H3;3-6H,1-2H3. The molecule has 176 valence electrons. The molecule has 34 heavy (non-hydrogen) atoms. The van der Waals surface area contributed by atoms with Gasteiger partial charge in [0.05, 0.1) is 25.3 Å². The molecule has 0 radical (unpaired) electrons. The van der Waals surface area contributed by atoms with Gasteiger partial charge < -0.3 is 9.26 Å². The molecular weight excluding hydrogens is 432 g/mol. The summed E-state index contributed by atoms with van der Waals surface area (Å²) in [5.41, 5.74) is 4.66. The van der Waals surface area contributed by atoms with Crippen molar-refractivity contribution in [2.24, 2.45) is 0 Å². The van der Waals surface area contributed by atoms with Gasteiger partial charge in [0.2, 0.25) is 11.7 Å². The molecule has 4 rings (SSSR count). The predicted octanol–water partition coefficient (Wildman–Crippen LogP) is 4.06. The summed E-state index contributed by atoms with van der Waals surface area (Å²) in [5, 5.41) is 8.03. The molecule has 2 heterocycles. The van der Waals surface area contributed by atoms with Gasteiger partial charge in [0.15, 0.2) is 0 Å². The molecule has 8 nitrogen and oxygen atoms in total. The first kappa shape index (κ1) is 24.6. The lowest BCUT2D eigenvalue weighted by Gasteiger charge is -2.07. The Bertz CT molecular complexity index is 1290. The minimum atomic E-state index is -0.250. The summed E-state index contributed by atoms with van der Waals surface area (Å²) in [6, 6.07) is 18.8. The number of rotatable bonds is 6. The molecule has 0 aliphatic rings. The average molecular weight is 461 g/mol. The summed E-state index contributed by atoms with van der Waals surface area (Å²) >= 11 is 0. The number of aryl methyl sites for hydroxylation is 3. The predicted molar refractivity (Wildman–Crippen MR) is 128 cm³/mol. The lowest BCUT2D eigenvalue weighted by atomic mass is 10.1. The third-order valence-corrected chi connectivity index (χ3v) is 4.81. The molecule has 0 fully saturated rings. The van der Waals surface area contributed by atoms with Crippen LogP contribution < -0.4 is 5.56 Å². The molecule has 0 aliphatic carbocycles. The maximum Gasteiger partial charge on any atom is 0.310 e. The third kappa shape index (κ3) is 7.23. The second-order valence-electron chi connectivity index (χ2n) is 7.78. The number of esters is 1. The van der Waals surface area contributed by atoms with Crippen LogP contribution in [0.2, 0.25) is 0 Å². The van der Waals surface area contributed by atoms with E-state index in [1.165, 1.54) is 16.3 Å². The highest BCUT2D eigenvalue weighted by atomic mass is 16.5. The Morgan fingerprint density at radius 1 is 1.00 bits per heavy atom. The number of ether oxygens (including phenoxy) is 1. The van der Waals surface area contributed by atoms with Crippen molar-refractivity contribution in [3.8, 4) is 11.4 Å². The number of benzene rings is 2. The number of hydrogen-bond donors (Lipinski definition) is 0. The molecule has 4 aromatic rings. The van der Waals surface area contributed by atoms with E-state index in [9.17, 15) is 9.59 Å². The van der Waals surface area contributed by atoms with Gasteiger partial charge in [-0.05, 0) is 38.0 Å². The van der Waals surface area contributed by atoms with Gasteiger partial charge in [0.1, 0.15) is 0 Å². The van der Waals surface area contributed by atoms with Crippen molar-refractivity contribution in [1.29, 1.82) is 0 Å². The molecule has 0 amide bonds. The van der Waals surface area contributed by atoms with Crippen molar-refractivity contribution < 1.29 is 14.1 Å². The zero-order valence-corrected chi connectivity index (χ0v) is 19.8. The maximum absolute atomic E-state index is 11.7. The Morgan fingerprint density at radius 3 is 2.41 bits per heavy atom. The molecule has 2 aromatic heterocycles. The van der Waals surface area contributed by atoms with Gasteiger partial charge in [0, 0.05) is 18.6 Å². The van der Waals surface area contributed by atoms with Crippen LogP contribution in [-0.4, -0.2) is 32.5 Å². The minimum Gasteiger partial charge on any atom is -0.466 e. The topological polar surface area (TPSA) is 100 Å². The number of hydrogen-bond acceptors (Lipinski definition) is 7. The molecule has 0 saturated carbocycles. The zero-order valence-electron chi connectivity index (χ0n) is 19.8. The van der Waals surface area contributed by atoms with E-state index in [1.54, 1.807) is 19.9 Å². The first-order valence-electron chi connectivity index (χ1n) is 11.0. The number of carbonyl (C=O) groups excluding carboxylic acids is 1. The Kier molecular flexibility index (Phi) is 8.45. The van der Waals surface area contributed by atoms with Gasteiger partial charge in [-0.15, -0.1) is 0 Å². The van der Waals surface area contributed by atoms with E-state index in [1.807, 2.05) is 62.4 Å². The van der Waals surface area contributed by atoms with Gasteiger partial charge in [-0.25, -0.2) is 4.68 Å². The highest BCUT2D eigenvalue weighted by molar-refractivity contribution is 5.72. The molecule has 0 bridgehead atoms. The summed E-state index contributed by atoms with van der Waals surface area (Å²) in [6.45, 7) is 8.21. The van der Waals surface area contributed by atoms with Crippen molar-refractivity contribution in [3.63, 3.8) is 0 Å². The quantitative estimate of drug-likeness (QED) is 0.400. The van der Waals surface area contributed by atoms with Crippen LogP contribution in [0, 0.1) is 20.8 Å². The monoisotopic (exact) mass is 460 g/mol. The summed E-state index contributed by atoms with van der Waals surface area (Å²) in [7, 11) is 0. The van der Waals surface area contributed by atoms with E-state index in [2.05, 4.69) is 15.2 Å². The van der Waals surface area contributed by atoms with Crippen LogP contribution in [-0.2, 0) is 22.5 Å². The third-order valence-electron chi connectivity index (χ3n) is 4.81. The van der Waals surface area contributed by atoms with Crippen molar-refractivity contribution in [2.75, 3.05) is 6.61 Å². The second-order valence-corrected chi connectivity index (χ2v) is 7.78. The van der Waals surface area contributed by atoms with E-state index >= 15 is 0 Å². The lowest BCUT2D eigenvalue weighted by molar-refractivity contribution is -0.142. The van der Waals surface area contributed by atoms with Crippen LogP contribution >= 0.6 is 0 Å². The summed E-state index contributed by atoms with van der Waals surface area (Å²) in [6.07, 6.45) is 0.234. The summed E-state index contributed by atoms with van der Waals surface area (Å²) in [5.74, 6) is 0.994. The van der Waals surface area contributed by atoms with Gasteiger partial charge in [-0.3, -0.25) is 9.59 Å². The summed E-state index contributed by atoms with van der Waals surface area (Å²) in [4.78, 5) is 27.4. The summed E-state index contributed by atoms with van der Waals surface area (Å²) < 4.78 is 11.2. The van der Waals surface area contributed by atoms with Crippen LogP contribution in [0.1, 0.15) is 35.2 Å². The fourth-order valence-corrected chi connectivity index (χ4v) is 3.17. The zero-order chi connectivity index (χ0) is 24.5. The van der Waals surface area contributed by atoms with E-state index in [-0.39, 0.29) is 17.9 Å². The Labute approximate surface area is 198 Å². The Balaban J connectivity index is 0.000000212. The fourth-order valence-electron chi connectivity index (χ4n) is 3.17. The molecular formula is C26H28N4O4. The van der Waals surface area contributed by atoms with E-state index < -0.39 is 0 Å². The van der Waals surface area contributed by atoms with Gasteiger partial charge in [0.25, 0.3) is 5.56 Å². The van der Waals surface area contributed by atoms with Crippen molar-refractivity contribution in [1.82, 2.24) is 19.9 Å². The lowest BCUT2D eigenvalue weighted by Crippen LogP contribution is -2.23. The van der Waals surface area contributed by atoms with Crippen LogP contribution in [0.15, 0.2) is 70.0 Å². The van der Waals surface area contributed by atoms with Crippen LogP contribution in [0.3, 0.4) is 0 Å². The van der Waals surface area contributed by atoms with Gasteiger partial charge >= 0.3 is 5.97 Å². The minimum absolute atomic E-state index is 0.142. The first-order chi connectivity index (χ1) is 16.3. The molecule has 8 heteroatoms. The highest BCUT2D eigenvalue weighted by Crippen LogP contribution is 2.15. The number of nitrogens with zero attached hydrogens (tertiary/aromatic N) is 4. The smallest absolute Gasteiger partial charge is 0.310 e. The van der Waals surface area contributed by atoms with Gasteiger partial charge in [-0.1, -0.05) is 59.3 Å². The highest BCUT2D eigenvalue weighted by Gasteiger charge is 2.06. The molecule has 0 spiro atoms. The van der Waals surface area contributed by atoms with Crippen molar-refractivity contribution in [2.45, 2.75) is 40.7 Å². The van der Waals surface area contributed by atoms with Crippen LogP contribution in [0.25, 0.3) is 11.4 Å². The Morgan fingerprint density at radius 2 is 1.74 bits per heavy atom. The molecule has 0 atom stereocenters. The normalized spacial score (nSPS) is 10.4. The van der Waals surface area contributed by atoms with Gasteiger partial charge in [-0.2, -0.15) is 10.1 Å².